The summed E-state index contributed by atoms with van der Waals surface area (Å²) in [5, 5.41) is 21.2. The summed E-state index contributed by atoms with van der Waals surface area (Å²) in [5.74, 6) is 0. The van der Waals surface area contributed by atoms with E-state index in [9.17, 15) is 15.1 Å². The third-order valence-corrected chi connectivity index (χ3v) is 3.89. The first-order valence-corrected chi connectivity index (χ1v) is 7.70. The van der Waals surface area contributed by atoms with Crippen molar-refractivity contribution in [3.05, 3.63) is 35.9 Å². The van der Waals surface area contributed by atoms with Gasteiger partial charge in [0.05, 0.1) is 12.1 Å². The molecule has 0 radical (unpaired) electrons. The van der Waals surface area contributed by atoms with Crippen LogP contribution in [0.3, 0.4) is 0 Å². The molecule has 0 aromatic heterocycles. The molecule has 22 heavy (non-hydrogen) atoms. The highest BCUT2D eigenvalue weighted by atomic mass is 16.5. The Morgan fingerprint density at radius 3 is 2.18 bits per heavy atom. The van der Waals surface area contributed by atoms with Crippen molar-refractivity contribution < 1.29 is 15.1 Å². The lowest BCUT2D eigenvalue weighted by Gasteiger charge is -2.43. The van der Waals surface area contributed by atoms with Gasteiger partial charge in [-0.25, -0.2) is 4.79 Å². The second-order valence-electron chi connectivity index (χ2n) is 6.62. The van der Waals surface area contributed by atoms with E-state index < -0.39 is 11.6 Å². The van der Waals surface area contributed by atoms with Gasteiger partial charge in [-0.1, -0.05) is 37.3 Å². The summed E-state index contributed by atoms with van der Waals surface area (Å²) < 4.78 is 0. The normalized spacial score (nSPS) is 14.7. The molecule has 1 aromatic rings. The molecular weight excluding hydrogens is 280 g/mol. The van der Waals surface area contributed by atoms with E-state index >= 15 is 0 Å². The van der Waals surface area contributed by atoms with Crippen LogP contribution in [0, 0.1) is 0 Å². The minimum atomic E-state index is -0.959. The van der Waals surface area contributed by atoms with Gasteiger partial charge >= 0.3 is 6.09 Å². The summed E-state index contributed by atoms with van der Waals surface area (Å²) in [6.07, 6.45) is -0.323. The Labute approximate surface area is 133 Å². The summed E-state index contributed by atoms with van der Waals surface area (Å²) in [4.78, 5) is 13.1. The zero-order valence-corrected chi connectivity index (χ0v) is 14.2. The predicted molar refractivity (Wildman–Crippen MR) is 86.9 cm³/mol. The molecule has 1 amide bonds. The topological polar surface area (TPSA) is 64.0 Å². The number of hydrogen-bond acceptors (Lipinski definition) is 3. The summed E-state index contributed by atoms with van der Waals surface area (Å²) in [5.41, 5.74) is 0.471. The van der Waals surface area contributed by atoms with Gasteiger partial charge in [0.2, 0.25) is 0 Å². The fourth-order valence-corrected chi connectivity index (χ4v) is 2.78. The Morgan fingerprint density at radius 2 is 1.77 bits per heavy atom. The average molecular weight is 308 g/mol. The largest absolute Gasteiger partial charge is 0.465 e. The molecular formula is C17H28N2O3. The molecule has 1 rings (SSSR count). The smallest absolute Gasteiger partial charge is 0.408 e. The summed E-state index contributed by atoms with van der Waals surface area (Å²) in [7, 11) is 0. The lowest BCUT2D eigenvalue weighted by molar-refractivity contribution is -0.151. The van der Waals surface area contributed by atoms with Crippen molar-refractivity contribution in [1.29, 1.82) is 0 Å². The van der Waals surface area contributed by atoms with E-state index in [4.69, 9.17) is 0 Å². The molecule has 2 N–H and O–H groups in total. The minimum Gasteiger partial charge on any atom is -0.465 e. The fourth-order valence-electron chi connectivity index (χ4n) is 2.78. The van der Waals surface area contributed by atoms with E-state index in [0.29, 0.717) is 13.0 Å². The summed E-state index contributed by atoms with van der Waals surface area (Å²) in [6.45, 7) is 9.79. The van der Waals surface area contributed by atoms with Gasteiger partial charge in [-0.2, -0.15) is 5.06 Å². The van der Waals surface area contributed by atoms with Gasteiger partial charge in [0.25, 0.3) is 0 Å². The van der Waals surface area contributed by atoms with Gasteiger partial charge in [-0.3, -0.25) is 4.90 Å². The van der Waals surface area contributed by atoms with E-state index in [-0.39, 0.29) is 12.1 Å². The van der Waals surface area contributed by atoms with E-state index in [1.54, 1.807) is 0 Å². The number of nitrogens with zero attached hydrogens (tertiary/aromatic N) is 2. The highest BCUT2D eigenvalue weighted by Gasteiger charge is 2.37. The number of hydroxylamine groups is 2. The van der Waals surface area contributed by atoms with Gasteiger partial charge in [-0.15, -0.1) is 0 Å². The molecule has 0 bridgehead atoms. The molecule has 2 atom stereocenters. The molecule has 5 nitrogen and oxygen atoms in total. The Hall–Kier alpha value is -1.59. The lowest BCUT2D eigenvalue weighted by Crippen LogP contribution is -2.57. The maximum Gasteiger partial charge on any atom is 0.408 e. The standard InChI is InChI=1S/C17H28N2O3/c1-6-15(19(16(20)21)17(3,4)5)13(2)18(22)12-14-10-8-7-9-11-14/h7-11,13,15,22H,6,12H2,1-5H3,(H,20,21)/t13-,15+/m1/s1. The number of carbonyl (C=O) groups is 1. The van der Waals surface area contributed by atoms with Crippen LogP contribution in [0.25, 0.3) is 0 Å². The van der Waals surface area contributed by atoms with Crippen molar-refractivity contribution in [3.63, 3.8) is 0 Å². The molecule has 0 saturated heterocycles. The quantitative estimate of drug-likeness (QED) is 0.784. The van der Waals surface area contributed by atoms with Crippen molar-refractivity contribution in [2.24, 2.45) is 0 Å². The van der Waals surface area contributed by atoms with Gasteiger partial charge in [0, 0.05) is 12.1 Å². The number of hydrogen-bond donors (Lipinski definition) is 2. The summed E-state index contributed by atoms with van der Waals surface area (Å²) in [6, 6.07) is 9.06. The van der Waals surface area contributed by atoms with Crippen LogP contribution < -0.4 is 0 Å². The van der Waals surface area contributed by atoms with Crippen molar-refractivity contribution >= 4 is 6.09 Å². The van der Waals surface area contributed by atoms with E-state index in [2.05, 4.69) is 0 Å². The van der Waals surface area contributed by atoms with Crippen LogP contribution in [0.4, 0.5) is 4.79 Å². The maximum atomic E-state index is 11.7. The third kappa shape index (κ3) is 4.71. The SMILES string of the molecule is CC[C@@H]([C@@H](C)N(O)Cc1ccccc1)N(C(=O)O)C(C)(C)C. The fraction of sp³-hybridized carbons (Fsp3) is 0.588. The Bertz CT molecular complexity index is 471. The Morgan fingerprint density at radius 1 is 1.23 bits per heavy atom. The maximum absolute atomic E-state index is 11.7. The van der Waals surface area contributed by atoms with E-state index in [1.807, 2.05) is 65.0 Å². The molecule has 1 aromatic carbocycles. The van der Waals surface area contributed by atoms with Gasteiger partial charge in [-0.05, 0) is 39.7 Å². The van der Waals surface area contributed by atoms with Crippen LogP contribution >= 0.6 is 0 Å². The zero-order chi connectivity index (χ0) is 16.9. The highest BCUT2D eigenvalue weighted by Crippen LogP contribution is 2.24. The molecule has 0 saturated carbocycles. The second kappa shape index (κ2) is 7.61. The zero-order valence-electron chi connectivity index (χ0n) is 14.2. The molecule has 0 aliphatic rings. The number of rotatable bonds is 6. The first kappa shape index (κ1) is 18.5. The Balaban J connectivity index is 2.90. The lowest BCUT2D eigenvalue weighted by atomic mass is 9.97. The first-order chi connectivity index (χ1) is 10.2. The molecule has 0 unspecified atom stereocenters. The molecule has 5 heteroatoms. The van der Waals surface area contributed by atoms with Crippen LogP contribution in [-0.2, 0) is 6.54 Å². The predicted octanol–water partition coefficient (Wildman–Crippen LogP) is 3.82. The van der Waals surface area contributed by atoms with Crippen LogP contribution in [0.5, 0.6) is 0 Å². The number of carboxylic acid groups (broad SMARTS) is 1. The average Bonchev–Trinajstić information content (AvgIpc) is 2.43. The van der Waals surface area contributed by atoms with Gasteiger partial charge in [0.15, 0.2) is 0 Å². The molecule has 0 heterocycles. The Kier molecular flexibility index (Phi) is 6.38. The first-order valence-electron chi connectivity index (χ1n) is 7.70. The minimum absolute atomic E-state index is 0.286. The summed E-state index contributed by atoms with van der Waals surface area (Å²) >= 11 is 0. The van der Waals surface area contributed by atoms with Crippen molar-refractivity contribution in [2.75, 3.05) is 0 Å². The van der Waals surface area contributed by atoms with Crippen LogP contribution in [-0.4, -0.2) is 44.0 Å². The van der Waals surface area contributed by atoms with Gasteiger partial charge in [0.1, 0.15) is 0 Å². The van der Waals surface area contributed by atoms with Crippen molar-refractivity contribution in [1.82, 2.24) is 9.96 Å². The van der Waals surface area contributed by atoms with Crippen LogP contribution in [0.1, 0.15) is 46.6 Å². The number of benzene rings is 1. The van der Waals surface area contributed by atoms with Crippen LogP contribution in [0.2, 0.25) is 0 Å². The number of amides is 1. The second-order valence-corrected chi connectivity index (χ2v) is 6.62. The van der Waals surface area contributed by atoms with Crippen molar-refractivity contribution in [3.8, 4) is 0 Å². The molecule has 0 spiro atoms. The third-order valence-electron chi connectivity index (χ3n) is 3.89. The van der Waals surface area contributed by atoms with Crippen molar-refractivity contribution in [2.45, 2.75) is 65.2 Å². The highest BCUT2D eigenvalue weighted by molar-refractivity contribution is 5.66. The van der Waals surface area contributed by atoms with E-state index in [1.165, 1.54) is 9.96 Å². The van der Waals surface area contributed by atoms with Crippen LogP contribution in [0.15, 0.2) is 30.3 Å². The molecule has 124 valence electrons. The monoisotopic (exact) mass is 308 g/mol. The van der Waals surface area contributed by atoms with E-state index in [0.717, 1.165) is 5.56 Å². The molecule has 0 fully saturated rings. The molecule has 0 aliphatic carbocycles. The molecule has 0 aliphatic heterocycles. The van der Waals surface area contributed by atoms with Gasteiger partial charge < -0.3 is 10.3 Å².